The summed E-state index contributed by atoms with van der Waals surface area (Å²) in [6.45, 7) is 4.55. The molecule has 0 amide bonds. The Labute approximate surface area is 148 Å². The van der Waals surface area contributed by atoms with Gasteiger partial charge in [0.1, 0.15) is 18.4 Å². The number of nitrogens with zero attached hydrogens (tertiary/aromatic N) is 1. The van der Waals surface area contributed by atoms with E-state index in [1.54, 1.807) is 0 Å². The first-order valence-electron chi connectivity index (χ1n) is 7.38. The van der Waals surface area contributed by atoms with Gasteiger partial charge in [0.15, 0.2) is 10.6 Å². The van der Waals surface area contributed by atoms with Gasteiger partial charge >= 0.3 is 11.9 Å². The van der Waals surface area contributed by atoms with E-state index in [0.717, 1.165) is 11.1 Å². The van der Waals surface area contributed by atoms with Gasteiger partial charge in [-0.05, 0) is 22.9 Å². The maximum absolute atomic E-state index is 11.2. The Balaban J connectivity index is 2.15. The van der Waals surface area contributed by atoms with E-state index in [0.29, 0.717) is 16.3 Å². The van der Waals surface area contributed by atoms with E-state index in [-0.39, 0.29) is 13.0 Å². The molecule has 0 aliphatic carbocycles. The molecule has 0 fully saturated rings. The molecule has 1 aromatic heterocycles. The lowest BCUT2D eigenvalue weighted by Gasteiger charge is -2.14. The van der Waals surface area contributed by atoms with Crippen molar-refractivity contribution in [2.24, 2.45) is 0 Å². The van der Waals surface area contributed by atoms with Gasteiger partial charge in [0, 0.05) is 19.4 Å². The van der Waals surface area contributed by atoms with Gasteiger partial charge in [0.2, 0.25) is 0 Å². The summed E-state index contributed by atoms with van der Waals surface area (Å²) in [7, 11) is 0. The van der Waals surface area contributed by atoms with Crippen LogP contribution in [0.5, 0.6) is 0 Å². The zero-order valence-electron chi connectivity index (χ0n) is 13.7. The number of carbonyl (C=O) groups is 2. The highest BCUT2D eigenvalue weighted by molar-refractivity contribution is 9.10. The van der Waals surface area contributed by atoms with Crippen LogP contribution in [-0.4, -0.2) is 29.6 Å². The van der Waals surface area contributed by atoms with Crippen LogP contribution in [0.3, 0.4) is 0 Å². The molecule has 1 aromatic carbocycles. The first-order valence-corrected chi connectivity index (χ1v) is 8.17. The van der Waals surface area contributed by atoms with Crippen LogP contribution in [0, 0.1) is 6.92 Å². The maximum Gasteiger partial charge on any atom is 0.303 e. The second-order valence-corrected chi connectivity index (χ2v) is 6.05. The number of ether oxygens (including phenoxy) is 2. The van der Waals surface area contributed by atoms with Crippen LogP contribution in [0.2, 0.25) is 0 Å². The predicted octanol–water partition coefficient (Wildman–Crippen LogP) is 3.45. The lowest BCUT2D eigenvalue weighted by molar-refractivity contribution is -0.156. The highest BCUT2D eigenvalue weighted by Crippen LogP contribution is 2.29. The topological polar surface area (TPSA) is 78.6 Å². The quantitative estimate of drug-likeness (QED) is 0.696. The molecule has 0 aliphatic rings. The second kappa shape index (κ2) is 8.10. The van der Waals surface area contributed by atoms with E-state index in [1.807, 2.05) is 31.2 Å². The van der Waals surface area contributed by atoms with E-state index < -0.39 is 18.0 Å². The third kappa shape index (κ3) is 5.19. The van der Waals surface area contributed by atoms with Crippen LogP contribution >= 0.6 is 15.9 Å². The van der Waals surface area contributed by atoms with Crippen molar-refractivity contribution in [3.63, 3.8) is 0 Å². The lowest BCUT2D eigenvalue weighted by atomic mass is 10.1. The van der Waals surface area contributed by atoms with Gasteiger partial charge in [-0.2, -0.15) is 0 Å². The van der Waals surface area contributed by atoms with Crippen LogP contribution in [0.25, 0.3) is 11.3 Å². The van der Waals surface area contributed by atoms with E-state index >= 15 is 0 Å². The first-order chi connectivity index (χ1) is 11.3. The smallest absolute Gasteiger partial charge is 0.303 e. The molecule has 0 saturated heterocycles. The Morgan fingerprint density at radius 2 is 1.88 bits per heavy atom. The Hall–Kier alpha value is -2.15. The van der Waals surface area contributed by atoms with Crippen LogP contribution < -0.4 is 0 Å². The summed E-state index contributed by atoms with van der Waals surface area (Å²) < 4.78 is 16.1. The van der Waals surface area contributed by atoms with E-state index in [9.17, 15) is 9.59 Å². The largest absolute Gasteiger partial charge is 0.462 e. The Kier molecular flexibility index (Phi) is 6.14. The first kappa shape index (κ1) is 18.2. The molecule has 7 heteroatoms. The fourth-order valence-corrected chi connectivity index (χ4v) is 2.60. The molecule has 1 unspecified atom stereocenters. The molecule has 2 rings (SSSR count). The summed E-state index contributed by atoms with van der Waals surface area (Å²) in [5.41, 5.74) is 2.72. The van der Waals surface area contributed by atoms with Gasteiger partial charge in [0.05, 0.1) is 6.42 Å². The Bertz CT molecular complexity index is 723. The Morgan fingerprint density at radius 3 is 2.46 bits per heavy atom. The molecule has 0 radical (unpaired) electrons. The predicted molar refractivity (Wildman–Crippen MR) is 90.3 cm³/mol. The van der Waals surface area contributed by atoms with Crippen molar-refractivity contribution in [1.82, 2.24) is 4.98 Å². The molecule has 128 valence electrons. The van der Waals surface area contributed by atoms with E-state index in [4.69, 9.17) is 13.9 Å². The summed E-state index contributed by atoms with van der Waals surface area (Å²) >= 11 is 3.35. The van der Waals surface area contributed by atoms with E-state index in [2.05, 4.69) is 20.9 Å². The van der Waals surface area contributed by atoms with Crippen molar-refractivity contribution >= 4 is 27.9 Å². The summed E-state index contributed by atoms with van der Waals surface area (Å²) in [6.07, 6.45) is -0.444. The zero-order valence-corrected chi connectivity index (χ0v) is 15.3. The normalized spacial score (nSPS) is 11.8. The zero-order chi connectivity index (χ0) is 17.7. The highest BCUT2D eigenvalue weighted by atomic mass is 79.9. The number of aryl methyl sites for hydroxylation is 1. The van der Waals surface area contributed by atoms with Gasteiger partial charge in [-0.3, -0.25) is 9.59 Å². The lowest BCUT2D eigenvalue weighted by Crippen LogP contribution is -2.26. The van der Waals surface area contributed by atoms with E-state index in [1.165, 1.54) is 13.8 Å². The number of carbonyl (C=O) groups excluding carboxylic acids is 2. The summed E-state index contributed by atoms with van der Waals surface area (Å²) in [6, 6.07) is 7.87. The number of rotatable bonds is 6. The van der Waals surface area contributed by atoms with Crippen molar-refractivity contribution in [3.8, 4) is 11.3 Å². The van der Waals surface area contributed by atoms with Crippen LogP contribution in [0.15, 0.2) is 33.4 Å². The van der Waals surface area contributed by atoms with Crippen LogP contribution in [0.4, 0.5) is 0 Å². The monoisotopic (exact) mass is 395 g/mol. The summed E-state index contributed by atoms with van der Waals surface area (Å²) in [4.78, 5) is 26.6. The number of oxazole rings is 1. The average molecular weight is 396 g/mol. The molecule has 0 bridgehead atoms. The number of hydrogen-bond donors (Lipinski definition) is 0. The summed E-state index contributed by atoms with van der Waals surface area (Å²) in [5, 5.41) is 0. The molecule has 0 spiro atoms. The molecular formula is C17H18BrNO5. The molecular weight excluding hydrogens is 378 g/mol. The van der Waals surface area contributed by atoms with Gasteiger partial charge in [0.25, 0.3) is 0 Å². The minimum absolute atomic E-state index is 0.0468. The minimum atomic E-state index is -0.650. The fraction of sp³-hybridized carbons (Fsp3) is 0.353. The van der Waals surface area contributed by atoms with Gasteiger partial charge in [-0.15, -0.1) is 0 Å². The molecule has 0 saturated carbocycles. The number of esters is 2. The minimum Gasteiger partial charge on any atom is -0.462 e. The molecule has 2 aromatic rings. The third-order valence-corrected chi connectivity index (χ3v) is 3.70. The number of benzene rings is 1. The third-order valence-electron chi connectivity index (χ3n) is 3.16. The number of hydrogen-bond acceptors (Lipinski definition) is 6. The molecule has 24 heavy (non-hydrogen) atoms. The van der Waals surface area contributed by atoms with Crippen molar-refractivity contribution in [1.29, 1.82) is 0 Å². The average Bonchev–Trinajstić information content (AvgIpc) is 2.85. The molecule has 1 heterocycles. The molecule has 6 nitrogen and oxygen atoms in total. The molecule has 1 atom stereocenters. The molecule has 0 aliphatic heterocycles. The van der Waals surface area contributed by atoms with Crippen LogP contribution in [-0.2, 0) is 25.5 Å². The number of aromatic nitrogens is 1. The van der Waals surface area contributed by atoms with Crippen molar-refractivity contribution in [3.05, 3.63) is 40.4 Å². The van der Waals surface area contributed by atoms with Crippen LogP contribution in [0.1, 0.15) is 25.3 Å². The fourth-order valence-electron chi connectivity index (χ4n) is 2.09. The molecule has 0 N–H and O–H groups in total. The van der Waals surface area contributed by atoms with Gasteiger partial charge in [-0.25, -0.2) is 4.98 Å². The highest BCUT2D eigenvalue weighted by Gasteiger charge is 2.20. The summed E-state index contributed by atoms with van der Waals surface area (Å²) in [5.74, 6) is -0.520. The van der Waals surface area contributed by atoms with Gasteiger partial charge < -0.3 is 13.9 Å². The van der Waals surface area contributed by atoms with Gasteiger partial charge in [-0.1, -0.05) is 29.8 Å². The Morgan fingerprint density at radius 1 is 1.21 bits per heavy atom. The second-order valence-electron chi connectivity index (χ2n) is 5.33. The van der Waals surface area contributed by atoms with Crippen molar-refractivity contribution in [2.75, 3.05) is 6.61 Å². The van der Waals surface area contributed by atoms with Crippen molar-refractivity contribution < 1.29 is 23.5 Å². The SMILES string of the molecule is CC(=O)OCC(Cc1nc(-c2ccc(C)cc2)c(Br)o1)OC(C)=O. The number of halogens is 1. The maximum atomic E-state index is 11.2. The van der Waals surface area contributed by atoms with Crippen molar-refractivity contribution in [2.45, 2.75) is 33.3 Å². The standard InChI is InChI=1S/C17H18BrNO5/c1-10-4-6-13(7-5-10)16-17(18)24-15(19-16)8-14(23-12(3)21)9-22-11(2)20/h4-7,14H,8-9H2,1-3H3.